The number of hydrogen-bond acceptors (Lipinski definition) is 3. The number of nitrogens with one attached hydrogen (secondary N) is 1. The van der Waals surface area contributed by atoms with Gasteiger partial charge in [0.2, 0.25) is 5.91 Å². The molecule has 1 aromatic rings. The van der Waals surface area contributed by atoms with Crippen molar-refractivity contribution in [1.29, 1.82) is 0 Å². The number of amides is 1. The van der Waals surface area contributed by atoms with Crippen LogP contribution in [-0.4, -0.2) is 26.1 Å². The van der Waals surface area contributed by atoms with E-state index in [2.05, 4.69) is 11.4 Å². The Hall–Kier alpha value is -1.55. The predicted molar refractivity (Wildman–Crippen MR) is 84.6 cm³/mol. The number of methoxy groups -OCH3 is 1. The zero-order chi connectivity index (χ0) is 15.3. The van der Waals surface area contributed by atoms with Gasteiger partial charge >= 0.3 is 0 Å². The van der Waals surface area contributed by atoms with Crippen LogP contribution in [0.15, 0.2) is 18.2 Å². The van der Waals surface area contributed by atoms with Crippen LogP contribution in [0.3, 0.4) is 0 Å². The summed E-state index contributed by atoms with van der Waals surface area (Å²) in [4.78, 5) is 12.7. The standard InChI is InChI=1S/C17H26N2O2/c1-13-6-7-14(12-15(13)21-2)17(8-3-4-9-17)16(20)19-11-5-10-18/h6-7,12H,3-5,8-11,18H2,1-2H3,(H,19,20). The molecular formula is C17H26N2O2. The summed E-state index contributed by atoms with van der Waals surface area (Å²) in [7, 11) is 1.68. The fourth-order valence-corrected chi connectivity index (χ4v) is 3.22. The number of carbonyl (C=O) groups is 1. The molecule has 1 saturated carbocycles. The summed E-state index contributed by atoms with van der Waals surface area (Å²) in [6.45, 7) is 3.27. The minimum absolute atomic E-state index is 0.138. The van der Waals surface area contributed by atoms with Gasteiger partial charge in [0.1, 0.15) is 5.75 Å². The van der Waals surface area contributed by atoms with E-state index in [1.807, 2.05) is 19.1 Å². The van der Waals surface area contributed by atoms with Crippen molar-refractivity contribution in [3.63, 3.8) is 0 Å². The van der Waals surface area contributed by atoms with Gasteiger partial charge in [-0.15, -0.1) is 0 Å². The van der Waals surface area contributed by atoms with Crippen LogP contribution in [0.4, 0.5) is 0 Å². The van der Waals surface area contributed by atoms with Crippen LogP contribution in [-0.2, 0) is 10.2 Å². The fraction of sp³-hybridized carbons (Fsp3) is 0.588. The third-order valence-corrected chi connectivity index (χ3v) is 4.52. The zero-order valence-corrected chi connectivity index (χ0v) is 13.1. The number of hydrogen-bond donors (Lipinski definition) is 2. The van der Waals surface area contributed by atoms with Crippen molar-refractivity contribution in [2.45, 2.75) is 44.4 Å². The van der Waals surface area contributed by atoms with Crippen LogP contribution < -0.4 is 15.8 Å². The Morgan fingerprint density at radius 2 is 2.10 bits per heavy atom. The summed E-state index contributed by atoms with van der Waals surface area (Å²) < 4.78 is 5.42. The number of aryl methyl sites for hydroxylation is 1. The number of benzene rings is 1. The molecule has 0 saturated heterocycles. The van der Waals surface area contributed by atoms with Crippen molar-refractivity contribution >= 4 is 5.91 Å². The molecule has 0 unspecified atom stereocenters. The van der Waals surface area contributed by atoms with E-state index in [-0.39, 0.29) is 5.91 Å². The highest BCUT2D eigenvalue weighted by Crippen LogP contribution is 2.42. The highest BCUT2D eigenvalue weighted by Gasteiger charge is 2.42. The average molecular weight is 290 g/mol. The first kappa shape index (κ1) is 15.8. The molecule has 0 radical (unpaired) electrons. The summed E-state index contributed by atoms with van der Waals surface area (Å²) in [6.07, 6.45) is 4.83. The second kappa shape index (κ2) is 6.94. The molecule has 0 spiro atoms. The Kier molecular flexibility index (Phi) is 5.23. The highest BCUT2D eigenvalue weighted by molar-refractivity contribution is 5.88. The van der Waals surface area contributed by atoms with Crippen LogP contribution >= 0.6 is 0 Å². The maximum absolute atomic E-state index is 12.7. The lowest BCUT2D eigenvalue weighted by Crippen LogP contribution is -2.43. The smallest absolute Gasteiger partial charge is 0.230 e. The van der Waals surface area contributed by atoms with Crippen molar-refractivity contribution in [1.82, 2.24) is 5.32 Å². The van der Waals surface area contributed by atoms with Gasteiger partial charge in [-0.2, -0.15) is 0 Å². The van der Waals surface area contributed by atoms with Crippen LogP contribution in [0.1, 0.15) is 43.2 Å². The first-order chi connectivity index (χ1) is 10.1. The molecule has 4 heteroatoms. The summed E-state index contributed by atoms with van der Waals surface area (Å²) in [5.41, 5.74) is 7.28. The van der Waals surface area contributed by atoms with Crippen LogP contribution in [0.25, 0.3) is 0 Å². The fourth-order valence-electron chi connectivity index (χ4n) is 3.22. The van der Waals surface area contributed by atoms with Gasteiger partial charge in [0.15, 0.2) is 0 Å². The third kappa shape index (κ3) is 3.21. The van der Waals surface area contributed by atoms with Gasteiger partial charge in [-0.3, -0.25) is 4.79 Å². The lowest BCUT2D eigenvalue weighted by molar-refractivity contribution is -0.126. The first-order valence-corrected chi connectivity index (χ1v) is 7.77. The number of rotatable bonds is 6. The minimum atomic E-state index is -0.393. The van der Waals surface area contributed by atoms with Crippen LogP contribution in [0.2, 0.25) is 0 Å². The van der Waals surface area contributed by atoms with E-state index in [0.717, 1.165) is 49.0 Å². The van der Waals surface area contributed by atoms with Crippen molar-refractivity contribution in [3.05, 3.63) is 29.3 Å². The minimum Gasteiger partial charge on any atom is -0.496 e. The van der Waals surface area contributed by atoms with E-state index in [9.17, 15) is 4.79 Å². The number of nitrogens with two attached hydrogens (primary N) is 1. The highest BCUT2D eigenvalue weighted by atomic mass is 16.5. The largest absolute Gasteiger partial charge is 0.496 e. The van der Waals surface area contributed by atoms with Crippen LogP contribution in [0, 0.1) is 6.92 Å². The lowest BCUT2D eigenvalue weighted by Gasteiger charge is -2.29. The summed E-state index contributed by atoms with van der Waals surface area (Å²) in [6, 6.07) is 6.15. The van der Waals surface area contributed by atoms with Crippen molar-refractivity contribution < 1.29 is 9.53 Å². The summed E-state index contributed by atoms with van der Waals surface area (Å²) in [5.74, 6) is 0.993. The number of ether oxygens (including phenoxy) is 1. The molecule has 116 valence electrons. The van der Waals surface area contributed by atoms with Crippen molar-refractivity contribution in [2.24, 2.45) is 5.73 Å². The van der Waals surface area contributed by atoms with Gasteiger partial charge in [0.25, 0.3) is 0 Å². The molecule has 3 N–H and O–H groups in total. The SMILES string of the molecule is COc1cc(C2(C(=O)NCCCN)CCCC2)ccc1C. The monoisotopic (exact) mass is 290 g/mol. The molecule has 1 aromatic carbocycles. The van der Waals surface area contributed by atoms with E-state index < -0.39 is 5.41 Å². The molecule has 1 amide bonds. The molecule has 2 rings (SSSR count). The Bertz CT molecular complexity index is 494. The molecule has 0 aliphatic heterocycles. The molecule has 1 aliphatic rings. The van der Waals surface area contributed by atoms with Gasteiger partial charge in [0, 0.05) is 6.54 Å². The molecule has 0 aromatic heterocycles. The van der Waals surface area contributed by atoms with Gasteiger partial charge in [0.05, 0.1) is 12.5 Å². The quantitative estimate of drug-likeness (QED) is 0.790. The summed E-state index contributed by atoms with van der Waals surface area (Å²) >= 11 is 0. The van der Waals surface area contributed by atoms with E-state index in [4.69, 9.17) is 10.5 Å². The van der Waals surface area contributed by atoms with E-state index in [1.165, 1.54) is 0 Å². The van der Waals surface area contributed by atoms with E-state index in [0.29, 0.717) is 13.1 Å². The van der Waals surface area contributed by atoms with E-state index >= 15 is 0 Å². The molecule has 0 heterocycles. The predicted octanol–water partition coefficient (Wildman–Crippen LogP) is 2.28. The molecule has 0 bridgehead atoms. The molecular weight excluding hydrogens is 264 g/mol. The molecule has 1 fully saturated rings. The Balaban J connectivity index is 2.27. The van der Waals surface area contributed by atoms with Crippen molar-refractivity contribution in [2.75, 3.05) is 20.2 Å². The van der Waals surface area contributed by atoms with Gasteiger partial charge < -0.3 is 15.8 Å². The topological polar surface area (TPSA) is 64.3 Å². The average Bonchev–Trinajstić information content (AvgIpc) is 2.98. The second-order valence-electron chi connectivity index (χ2n) is 5.87. The summed E-state index contributed by atoms with van der Waals surface area (Å²) in [5, 5.41) is 3.06. The Morgan fingerprint density at radius 1 is 1.38 bits per heavy atom. The van der Waals surface area contributed by atoms with Gasteiger partial charge in [-0.1, -0.05) is 25.0 Å². The first-order valence-electron chi connectivity index (χ1n) is 7.77. The maximum atomic E-state index is 12.7. The van der Waals surface area contributed by atoms with Gasteiger partial charge in [-0.25, -0.2) is 0 Å². The molecule has 21 heavy (non-hydrogen) atoms. The van der Waals surface area contributed by atoms with Crippen LogP contribution in [0.5, 0.6) is 5.75 Å². The normalized spacial score (nSPS) is 16.7. The lowest BCUT2D eigenvalue weighted by atomic mass is 9.77. The molecule has 0 atom stereocenters. The second-order valence-corrected chi connectivity index (χ2v) is 5.87. The third-order valence-electron chi connectivity index (χ3n) is 4.52. The maximum Gasteiger partial charge on any atom is 0.230 e. The number of carbonyl (C=O) groups excluding carboxylic acids is 1. The zero-order valence-electron chi connectivity index (χ0n) is 13.1. The Morgan fingerprint density at radius 3 is 2.71 bits per heavy atom. The molecule has 1 aliphatic carbocycles. The molecule has 4 nitrogen and oxygen atoms in total. The Labute approximate surface area is 127 Å². The van der Waals surface area contributed by atoms with Crippen molar-refractivity contribution in [3.8, 4) is 5.75 Å². The van der Waals surface area contributed by atoms with E-state index in [1.54, 1.807) is 7.11 Å². The van der Waals surface area contributed by atoms with Gasteiger partial charge in [-0.05, 0) is 49.9 Å².